The van der Waals surface area contributed by atoms with Crippen LogP contribution in [0.25, 0.3) is 28.3 Å². The number of rotatable bonds is 2. The average molecular weight is 264 g/mol. The smallest absolute Gasteiger partial charge is 0.147 e. The Bertz CT molecular complexity index is 868. The molecule has 0 fully saturated rings. The summed E-state index contributed by atoms with van der Waals surface area (Å²) in [6.07, 6.45) is 11.3. The van der Waals surface area contributed by atoms with Gasteiger partial charge in [0, 0.05) is 55.2 Å². The van der Waals surface area contributed by atoms with Crippen LogP contribution < -0.4 is 0 Å². The number of nitrogens with zero attached hydrogens (tertiary/aromatic N) is 5. The number of aromatic nitrogens is 6. The fourth-order valence-corrected chi connectivity index (χ4v) is 2.29. The van der Waals surface area contributed by atoms with Gasteiger partial charge in [0.15, 0.2) is 0 Å². The van der Waals surface area contributed by atoms with Crippen LogP contribution in [-0.2, 0) is 7.05 Å². The van der Waals surface area contributed by atoms with E-state index in [1.807, 2.05) is 54.6 Å². The third kappa shape index (κ3) is 1.62. The lowest BCUT2D eigenvalue weighted by molar-refractivity contribution is 0.768. The zero-order valence-electron chi connectivity index (χ0n) is 10.9. The molecule has 4 heterocycles. The van der Waals surface area contributed by atoms with Gasteiger partial charge >= 0.3 is 0 Å². The summed E-state index contributed by atoms with van der Waals surface area (Å²) in [7, 11) is 1.89. The Balaban J connectivity index is 2.00. The van der Waals surface area contributed by atoms with Gasteiger partial charge in [0.05, 0.1) is 11.9 Å². The summed E-state index contributed by atoms with van der Waals surface area (Å²) in [5.41, 5.74) is 3.75. The molecule has 0 aliphatic rings. The van der Waals surface area contributed by atoms with Gasteiger partial charge in [-0.15, -0.1) is 0 Å². The van der Waals surface area contributed by atoms with Gasteiger partial charge in [0.25, 0.3) is 0 Å². The van der Waals surface area contributed by atoms with Crippen LogP contribution in [0.4, 0.5) is 0 Å². The summed E-state index contributed by atoms with van der Waals surface area (Å²) >= 11 is 0. The van der Waals surface area contributed by atoms with E-state index in [9.17, 15) is 0 Å². The highest BCUT2D eigenvalue weighted by Crippen LogP contribution is 2.24. The minimum atomic E-state index is 0.861. The summed E-state index contributed by atoms with van der Waals surface area (Å²) < 4.78 is 3.74. The van der Waals surface area contributed by atoms with Gasteiger partial charge in [-0.25, -0.2) is 9.97 Å². The second-order valence-electron chi connectivity index (χ2n) is 4.62. The lowest BCUT2D eigenvalue weighted by atomic mass is 10.2. The number of nitrogens with one attached hydrogen (secondary N) is 1. The largest absolute Gasteiger partial charge is 0.367 e. The fraction of sp³-hybridized carbons (Fsp3) is 0.0714. The second-order valence-corrected chi connectivity index (χ2v) is 4.62. The Morgan fingerprint density at radius 1 is 1.25 bits per heavy atom. The summed E-state index contributed by atoms with van der Waals surface area (Å²) in [5.74, 6) is 0.861. The number of hydrogen-bond acceptors (Lipinski definition) is 3. The van der Waals surface area contributed by atoms with E-state index >= 15 is 0 Å². The van der Waals surface area contributed by atoms with Crippen LogP contribution in [0.5, 0.6) is 0 Å². The SMILES string of the molecule is Cn1cc(-c2cc3nccn3c(-c3cc[nH]c3)n2)cn1. The summed E-state index contributed by atoms with van der Waals surface area (Å²) in [4.78, 5) is 12.2. The molecule has 0 unspecified atom stereocenters. The molecule has 0 saturated heterocycles. The second kappa shape index (κ2) is 4.06. The molecule has 1 N–H and O–H groups in total. The third-order valence-electron chi connectivity index (χ3n) is 3.25. The van der Waals surface area contributed by atoms with Crippen molar-refractivity contribution in [3.05, 3.63) is 49.3 Å². The molecule has 98 valence electrons. The highest BCUT2D eigenvalue weighted by Gasteiger charge is 2.11. The van der Waals surface area contributed by atoms with Crippen molar-refractivity contribution < 1.29 is 0 Å². The molecule has 0 aromatic carbocycles. The van der Waals surface area contributed by atoms with Crippen LogP contribution in [0, 0.1) is 0 Å². The van der Waals surface area contributed by atoms with Gasteiger partial charge in [-0.2, -0.15) is 5.10 Å². The van der Waals surface area contributed by atoms with Crippen molar-refractivity contribution in [1.29, 1.82) is 0 Å². The number of H-pyrrole nitrogens is 1. The lowest BCUT2D eigenvalue weighted by Gasteiger charge is -2.05. The highest BCUT2D eigenvalue weighted by atomic mass is 15.2. The molecular weight excluding hydrogens is 252 g/mol. The van der Waals surface area contributed by atoms with Gasteiger partial charge in [-0.1, -0.05) is 0 Å². The van der Waals surface area contributed by atoms with E-state index in [1.165, 1.54) is 0 Å². The molecule has 6 nitrogen and oxygen atoms in total. The van der Waals surface area contributed by atoms with Crippen LogP contribution in [-0.4, -0.2) is 29.1 Å². The summed E-state index contributed by atoms with van der Waals surface area (Å²) in [6, 6.07) is 3.96. The van der Waals surface area contributed by atoms with E-state index in [0.29, 0.717) is 0 Å². The first-order valence-corrected chi connectivity index (χ1v) is 6.27. The molecule has 4 rings (SSSR count). The topological polar surface area (TPSA) is 63.8 Å². The molecule has 0 amide bonds. The zero-order chi connectivity index (χ0) is 13.5. The van der Waals surface area contributed by atoms with Crippen molar-refractivity contribution in [3.63, 3.8) is 0 Å². The molecule has 0 bridgehead atoms. The Morgan fingerprint density at radius 2 is 2.20 bits per heavy atom. The Hall–Kier alpha value is -2.89. The van der Waals surface area contributed by atoms with Crippen LogP contribution in [0.1, 0.15) is 0 Å². The van der Waals surface area contributed by atoms with Crippen LogP contribution >= 0.6 is 0 Å². The first-order valence-electron chi connectivity index (χ1n) is 6.27. The van der Waals surface area contributed by atoms with E-state index in [2.05, 4.69) is 15.1 Å². The maximum absolute atomic E-state index is 4.75. The minimum absolute atomic E-state index is 0.861. The Kier molecular flexibility index (Phi) is 2.23. The Labute approximate surface area is 114 Å². The van der Waals surface area contributed by atoms with Crippen molar-refractivity contribution in [2.75, 3.05) is 0 Å². The molecule has 0 aliphatic heterocycles. The van der Waals surface area contributed by atoms with Crippen LogP contribution in [0.2, 0.25) is 0 Å². The van der Waals surface area contributed by atoms with Gasteiger partial charge < -0.3 is 4.98 Å². The lowest BCUT2D eigenvalue weighted by Crippen LogP contribution is -1.96. The predicted molar refractivity (Wildman–Crippen MR) is 75.0 cm³/mol. The molecule has 0 atom stereocenters. The number of hydrogen-bond donors (Lipinski definition) is 1. The standard InChI is InChI=1S/C14H12N6/c1-19-9-11(8-17-19)12-6-13-16-4-5-20(13)14(18-12)10-2-3-15-7-10/h2-9,15H,1H3. The molecule has 20 heavy (non-hydrogen) atoms. The van der Waals surface area contributed by atoms with Crippen molar-refractivity contribution >= 4 is 5.65 Å². The van der Waals surface area contributed by atoms with E-state index < -0.39 is 0 Å². The molecule has 4 aromatic heterocycles. The van der Waals surface area contributed by atoms with E-state index in [0.717, 1.165) is 28.3 Å². The monoisotopic (exact) mass is 264 g/mol. The van der Waals surface area contributed by atoms with Crippen molar-refractivity contribution in [3.8, 4) is 22.6 Å². The molecule has 0 radical (unpaired) electrons. The van der Waals surface area contributed by atoms with E-state index in [1.54, 1.807) is 10.9 Å². The first kappa shape index (κ1) is 11.0. The van der Waals surface area contributed by atoms with Crippen LogP contribution in [0.15, 0.2) is 49.3 Å². The molecule has 6 heteroatoms. The average Bonchev–Trinajstić information content (AvgIpc) is 3.18. The first-order chi connectivity index (χ1) is 9.81. The third-order valence-corrected chi connectivity index (χ3v) is 3.25. The maximum Gasteiger partial charge on any atom is 0.147 e. The molecule has 4 aromatic rings. The zero-order valence-corrected chi connectivity index (χ0v) is 10.9. The van der Waals surface area contributed by atoms with Crippen molar-refractivity contribution in [1.82, 2.24) is 29.1 Å². The number of aromatic amines is 1. The number of imidazole rings is 1. The Morgan fingerprint density at radius 3 is 2.95 bits per heavy atom. The molecule has 0 aliphatic carbocycles. The number of aryl methyl sites for hydroxylation is 1. The molecule has 0 saturated carbocycles. The summed E-state index contributed by atoms with van der Waals surface area (Å²) in [5, 5.41) is 4.20. The van der Waals surface area contributed by atoms with Gasteiger partial charge in [0.2, 0.25) is 0 Å². The maximum atomic E-state index is 4.75. The highest BCUT2D eigenvalue weighted by molar-refractivity contribution is 5.68. The molecular formula is C14H12N6. The predicted octanol–water partition coefficient (Wildman–Crippen LogP) is 2.12. The minimum Gasteiger partial charge on any atom is -0.367 e. The normalized spacial score (nSPS) is 11.2. The fourth-order valence-electron chi connectivity index (χ4n) is 2.29. The van der Waals surface area contributed by atoms with Gasteiger partial charge in [0.1, 0.15) is 11.5 Å². The summed E-state index contributed by atoms with van der Waals surface area (Å²) in [6.45, 7) is 0. The van der Waals surface area contributed by atoms with E-state index in [4.69, 9.17) is 4.98 Å². The van der Waals surface area contributed by atoms with Crippen LogP contribution in [0.3, 0.4) is 0 Å². The van der Waals surface area contributed by atoms with E-state index in [-0.39, 0.29) is 0 Å². The quantitative estimate of drug-likeness (QED) is 0.603. The molecule has 0 spiro atoms. The van der Waals surface area contributed by atoms with Gasteiger partial charge in [-0.05, 0) is 6.07 Å². The van der Waals surface area contributed by atoms with Gasteiger partial charge in [-0.3, -0.25) is 9.08 Å². The van der Waals surface area contributed by atoms with Crippen molar-refractivity contribution in [2.24, 2.45) is 7.05 Å². The number of fused-ring (bicyclic) bond motifs is 1. The van der Waals surface area contributed by atoms with Crippen molar-refractivity contribution in [2.45, 2.75) is 0 Å².